The molecule has 0 spiro atoms. The maximum atomic E-state index is 11.5. The van der Waals surface area contributed by atoms with Crippen molar-refractivity contribution in [2.75, 3.05) is 0 Å². The molecule has 0 atom stereocenters. The Morgan fingerprint density at radius 1 is 1.62 bits per heavy atom. The molecule has 0 aliphatic heterocycles. The molecule has 2 aromatic rings. The summed E-state index contributed by atoms with van der Waals surface area (Å²) in [6.45, 7) is 0.437. The number of nitrogens with two attached hydrogens (primary N) is 1. The molecule has 0 radical (unpaired) electrons. The molecule has 3 N–H and O–H groups in total. The van der Waals surface area contributed by atoms with E-state index in [0.29, 0.717) is 16.6 Å². The fraction of sp³-hybridized carbons (Fsp3) is 0.222. The van der Waals surface area contributed by atoms with Crippen LogP contribution in [0.4, 0.5) is 0 Å². The first kappa shape index (κ1) is 10.8. The van der Waals surface area contributed by atoms with Gasteiger partial charge in [-0.25, -0.2) is 0 Å². The smallest absolute Gasteiger partial charge is 0.261 e. The number of hydrogen-bond acceptors (Lipinski definition) is 6. The van der Waals surface area contributed by atoms with E-state index in [9.17, 15) is 4.79 Å². The van der Waals surface area contributed by atoms with Crippen LogP contribution in [0.25, 0.3) is 0 Å². The van der Waals surface area contributed by atoms with Gasteiger partial charge in [-0.05, 0) is 11.4 Å². The summed E-state index contributed by atoms with van der Waals surface area (Å²) in [6, 6.07) is 3.57. The molecule has 0 saturated carbocycles. The summed E-state index contributed by atoms with van der Waals surface area (Å²) in [7, 11) is 0. The Morgan fingerprint density at radius 3 is 3.12 bits per heavy atom. The van der Waals surface area contributed by atoms with Crippen LogP contribution in [0.1, 0.15) is 21.4 Å². The van der Waals surface area contributed by atoms with Crippen molar-refractivity contribution in [3.05, 3.63) is 34.1 Å². The number of aromatic nitrogens is 2. The quantitative estimate of drug-likeness (QED) is 0.809. The fourth-order valence-corrected chi connectivity index (χ4v) is 1.74. The monoisotopic (exact) mass is 238 g/mol. The van der Waals surface area contributed by atoms with Crippen molar-refractivity contribution in [3.8, 4) is 0 Å². The molecule has 2 rings (SSSR count). The van der Waals surface area contributed by atoms with Gasteiger partial charge in [0.05, 0.1) is 18.0 Å². The van der Waals surface area contributed by atoms with Gasteiger partial charge >= 0.3 is 0 Å². The highest BCUT2D eigenvalue weighted by Gasteiger charge is 2.09. The Hall–Kier alpha value is -1.73. The summed E-state index contributed by atoms with van der Waals surface area (Å²) < 4.78 is 4.87. The first-order chi connectivity index (χ1) is 7.79. The van der Waals surface area contributed by atoms with Gasteiger partial charge in [-0.3, -0.25) is 4.79 Å². The molecule has 2 heterocycles. The normalized spacial score (nSPS) is 10.3. The van der Waals surface area contributed by atoms with Crippen LogP contribution in [-0.4, -0.2) is 16.0 Å². The van der Waals surface area contributed by atoms with E-state index >= 15 is 0 Å². The standard InChI is InChI=1S/C9H10N4O2S/c10-4-7-12-8(15-13-7)5-11-9(14)6-2-1-3-16-6/h1-3H,4-5,10H2,(H,11,14). The van der Waals surface area contributed by atoms with Gasteiger partial charge in [0, 0.05) is 0 Å². The van der Waals surface area contributed by atoms with Crippen molar-refractivity contribution < 1.29 is 9.32 Å². The maximum absolute atomic E-state index is 11.5. The van der Waals surface area contributed by atoms with Crippen molar-refractivity contribution in [1.82, 2.24) is 15.5 Å². The van der Waals surface area contributed by atoms with Gasteiger partial charge in [-0.1, -0.05) is 11.2 Å². The number of carbonyl (C=O) groups is 1. The Balaban J connectivity index is 1.90. The van der Waals surface area contributed by atoms with Gasteiger partial charge in [0.25, 0.3) is 5.91 Å². The van der Waals surface area contributed by atoms with Gasteiger partial charge in [0.2, 0.25) is 5.89 Å². The van der Waals surface area contributed by atoms with E-state index in [1.807, 2.05) is 11.4 Å². The molecular formula is C9H10N4O2S. The predicted molar refractivity (Wildman–Crippen MR) is 57.7 cm³/mol. The molecule has 16 heavy (non-hydrogen) atoms. The predicted octanol–water partition coefficient (Wildman–Crippen LogP) is 0.520. The lowest BCUT2D eigenvalue weighted by molar-refractivity contribution is 0.0950. The molecule has 1 amide bonds. The first-order valence-corrected chi connectivity index (χ1v) is 5.51. The third kappa shape index (κ3) is 2.44. The lowest BCUT2D eigenvalue weighted by atomic mass is 10.4. The zero-order chi connectivity index (χ0) is 11.4. The van der Waals surface area contributed by atoms with Crippen LogP contribution in [0.15, 0.2) is 22.0 Å². The van der Waals surface area contributed by atoms with E-state index in [-0.39, 0.29) is 19.0 Å². The number of carbonyl (C=O) groups excluding carboxylic acids is 1. The van der Waals surface area contributed by atoms with Crippen LogP contribution < -0.4 is 11.1 Å². The number of rotatable bonds is 4. The largest absolute Gasteiger partial charge is 0.342 e. The summed E-state index contributed by atoms with van der Waals surface area (Å²) in [5.74, 6) is 0.633. The van der Waals surface area contributed by atoms with Gasteiger partial charge in [-0.15, -0.1) is 11.3 Å². The molecule has 2 aromatic heterocycles. The summed E-state index contributed by atoms with van der Waals surface area (Å²) in [5.41, 5.74) is 5.33. The third-order valence-electron chi connectivity index (χ3n) is 1.84. The van der Waals surface area contributed by atoms with Crippen molar-refractivity contribution in [3.63, 3.8) is 0 Å². The molecule has 84 valence electrons. The topological polar surface area (TPSA) is 94.0 Å². The second-order valence-corrected chi connectivity index (χ2v) is 3.92. The lowest BCUT2D eigenvalue weighted by Gasteiger charge is -1.98. The van der Waals surface area contributed by atoms with Crippen LogP contribution in [-0.2, 0) is 13.1 Å². The molecule has 0 aliphatic carbocycles. The highest BCUT2D eigenvalue weighted by molar-refractivity contribution is 7.12. The van der Waals surface area contributed by atoms with Gasteiger partial charge < -0.3 is 15.6 Å². The van der Waals surface area contributed by atoms with E-state index in [4.69, 9.17) is 10.3 Å². The molecule has 0 fully saturated rings. The van der Waals surface area contributed by atoms with Crippen molar-refractivity contribution in [2.45, 2.75) is 13.1 Å². The van der Waals surface area contributed by atoms with Crippen molar-refractivity contribution in [2.24, 2.45) is 5.73 Å². The maximum Gasteiger partial charge on any atom is 0.261 e. The third-order valence-corrected chi connectivity index (χ3v) is 2.71. The van der Waals surface area contributed by atoms with Crippen LogP contribution in [0.3, 0.4) is 0 Å². The minimum Gasteiger partial charge on any atom is -0.342 e. The zero-order valence-electron chi connectivity index (χ0n) is 8.34. The molecule has 0 saturated heterocycles. The average molecular weight is 238 g/mol. The number of nitrogens with one attached hydrogen (secondary N) is 1. The van der Waals surface area contributed by atoms with Gasteiger partial charge in [0.15, 0.2) is 5.82 Å². The Bertz CT molecular complexity index is 466. The van der Waals surface area contributed by atoms with Crippen LogP contribution in [0.2, 0.25) is 0 Å². The minimum absolute atomic E-state index is 0.150. The van der Waals surface area contributed by atoms with E-state index in [1.54, 1.807) is 6.07 Å². The van der Waals surface area contributed by atoms with E-state index < -0.39 is 0 Å². The first-order valence-electron chi connectivity index (χ1n) is 4.63. The Kier molecular flexibility index (Phi) is 3.28. The second kappa shape index (κ2) is 4.86. The SMILES string of the molecule is NCc1noc(CNC(=O)c2cccs2)n1. The number of hydrogen-bond donors (Lipinski definition) is 2. The fourth-order valence-electron chi connectivity index (χ4n) is 1.10. The zero-order valence-corrected chi connectivity index (χ0v) is 9.16. The Labute approximate surface area is 95.5 Å². The second-order valence-electron chi connectivity index (χ2n) is 2.97. The van der Waals surface area contributed by atoms with E-state index in [1.165, 1.54) is 11.3 Å². The number of nitrogens with zero attached hydrogens (tertiary/aromatic N) is 2. The molecular weight excluding hydrogens is 228 g/mol. The Morgan fingerprint density at radius 2 is 2.50 bits per heavy atom. The summed E-state index contributed by atoms with van der Waals surface area (Å²) in [6.07, 6.45) is 0. The highest BCUT2D eigenvalue weighted by atomic mass is 32.1. The number of amides is 1. The highest BCUT2D eigenvalue weighted by Crippen LogP contribution is 2.08. The van der Waals surface area contributed by atoms with Crippen molar-refractivity contribution in [1.29, 1.82) is 0 Å². The van der Waals surface area contributed by atoms with Crippen LogP contribution in [0, 0.1) is 0 Å². The lowest BCUT2D eigenvalue weighted by Crippen LogP contribution is -2.21. The summed E-state index contributed by atoms with van der Waals surface area (Å²) >= 11 is 1.38. The molecule has 0 unspecified atom stereocenters. The van der Waals surface area contributed by atoms with Crippen molar-refractivity contribution >= 4 is 17.2 Å². The molecule has 0 aliphatic rings. The average Bonchev–Trinajstić information content (AvgIpc) is 2.96. The molecule has 0 bridgehead atoms. The summed E-state index contributed by atoms with van der Waals surface area (Å²) in [4.78, 5) is 16.2. The van der Waals surface area contributed by atoms with E-state index in [0.717, 1.165) is 0 Å². The molecule has 0 aromatic carbocycles. The molecule has 6 nitrogen and oxygen atoms in total. The van der Waals surface area contributed by atoms with E-state index in [2.05, 4.69) is 15.5 Å². The number of thiophene rings is 1. The van der Waals surface area contributed by atoms with Crippen LogP contribution in [0.5, 0.6) is 0 Å². The van der Waals surface area contributed by atoms with Crippen LogP contribution >= 0.6 is 11.3 Å². The van der Waals surface area contributed by atoms with Gasteiger partial charge in [-0.2, -0.15) is 4.98 Å². The van der Waals surface area contributed by atoms with Gasteiger partial charge in [0.1, 0.15) is 0 Å². The molecule has 7 heteroatoms. The summed E-state index contributed by atoms with van der Waals surface area (Å²) in [5, 5.41) is 8.13. The minimum atomic E-state index is -0.150.